The molecule has 1 heterocycles. The van der Waals surface area contributed by atoms with Crippen LogP contribution in [0.5, 0.6) is 0 Å². The van der Waals surface area contributed by atoms with E-state index in [4.69, 9.17) is 5.73 Å². The molecule has 17 heavy (non-hydrogen) atoms. The molecule has 88 valence electrons. The van der Waals surface area contributed by atoms with E-state index in [-0.39, 0.29) is 17.4 Å². The Balaban J connectivity index is 2.52. The van der Waals surface area contributed by atoms with Crippen LogP contribution in [0.2, 0.25) is 0 Å². The third kappa shape index (κ3) is 2.57. The molecule has 0 radical (unpaired) electrons. The maximum absolute atomic E-state index is 12.8. The number of rotatable bonds is 2. The van der Waals surface area contributed by atoms with Gasteiger partial charge in [-0.25, -0.2) is 9.37 Å². The smallest absolute Gasteiger partial charge is 0.251 e. The van der Waals surface area contributed by atoms with E-state index in [0.717, 1.165) is 0 Å². The SMILES string of the molecule is CC(N)c1cc(=O)[nH]c(-c2ccc(F)cc2)n1. The second-order valence-corrected chi connectivity index (χ2v) is 3.81. The molecule has 4 nitrogen and oxygen atoms in total. The second kappa shape index (κ2) is 4.47. The number of hydrogen-bond donors (Lipinski definition) is 2. The van der Waals surface area contributed by atoms with Gasteiger partial charge in [-0.3, -0.25) is 4.79 Å². The van der Waals surface area contributed by atoms with Gasteiger partial charge in [0.2, 0.25) is 0 Å². The van der Waals surface area contributed by atoms with Crippen molar-refractivity contribution in [3.05, 3.63) is 52.2 Å². The lowest BCUT2D eigenvalue weighted by molar-refractivity contribution is 0.628. The summed E-state index contributed by atoms with van der Waals surface area (Å²) in [4.78, 5) is 18.3. The van der Waals surface area contributed by atoms with Crippen molar-refractivity contribution in [1.82, 2.24) is 9.97 Å². The zero-order valence-electron chi connectivity index (χ0n) is 9.27. The molecule has 2 aromatic rings. The van der Waals surface area contributed by atoms with Crippen molar-refractivity contribution < 1.29 is 4.39 Å². The first-order chi connectivity index (χ1) is 8.06. The summed E-state index contributed by atoms with van der Waals surface area (Å²) in [6.07, 6.45) is 0. The molecule has 1 unspecified atom stereocenters. The number of hydrogen-bond acceptors (Lipinski definition) is 3. The van der Waals surface area contributed by atoms with Gasteiger partial charge in [0, 0.05) is 17.7 Å². The fraction of sp³-hybridized carbons (Fsp3) is 0.167. The summed E-state index contributed by atoms with van der Waals surface area (Å²) in [5.41, 5.74) is 6.56. The molecule has 1 aromatic heterocycles. The molecule has 0 fully saturated rings. The highest BCUT2D eigenvalue weighted by atomic mass is 19.1. The minimum Gasteiger partial charge on any atom is -0.323 e. The van der Waals surface area contributed by atoms with Gasteiger partial charge < -0.3 is 10.7 Å². The monoisotopic (exact) mass is 233 g/mol. The Kier molecular flexibility index (Phi) is 3.01. The van der Waals surface area contributed by atoms with E-state index in [0.29, 0.717) is 17.1 Å². The lowest BCUT2D eigenvalue weighted by Gasteiger charge is -2.06. The second-order valence-electron chi connectivity index (χ2n) is 3.81. The van der Waals surface area contributed by atoms with Crippen molar-refractivity contribution in [3.63, 3.8) is 0 Å². The van der Waals surface area contributed by atoms with Crippen LogP contribution in [0.15, 0.2) is 35.1 Å². The van der Waals surface area contributed by atoms with Crippen molar-refractivity contribution >= 4 is 0 Å². The average molecular weight is 233 g/mol. The van der Waals surface area contributed by atoms with Gasteiger partial charge in [0.25, 0.3) is 5.56 Å². The molecule has 5 heteroatoms. The summed E-state index contributed by atoms with van der Waals surface area (Å²) in [5.74, 6) is 0.0595. The molecular weight excluding hydrogens is 221 g/mol. The van der Waals surface area contributed by atoms with E-state index in [9.17, 15) is 9.18 Å². The summed E-state index contributed by atoms with van der Waals surface area (Å²) < 4.78 is 12.8. The molecule has 0 spiro atoms. The van der Waals surface area contributed by atoms with Gasteiger partial charge in [-0.05, 0) is 31.2 Å². The van der Waals surface area contributed by atoms with Crippen LogP contribution in [-0.4, -0.2) is 9.97 Å². The average Bonchev–Trinajstić information content (AvgIpc) is 2.29. The van der Waals surface area contributed by atoms with E-state index < -0.39 is 0 Å². The number of H-pyrrole nitrogens is 1. The summed E-state index contributed by atoms with van der Waals surface area (Å²) in [6, 6.07) is 6.77. The zero-order chi connectivity index (χ0) is 12.4. The van der Waals surface area contributed by atoms with E-state index in [2.05, 4.69) is 9.97 Å². The van der Waals surface area contributed by atoms with E-state index >= 15 is 0 Å². The lowest BCUT2D eigenvalue weighted by Crippen LogP contribution is -2.15. The van der Waals surface area contributed by atoms with Crippen LogP contribution in [0.25, 0.3) is 11.4 Å². The predicted molar refractivity (Wildman–Crippen MR) is 62.9 cm³/mol. The molecule has 1 aromatic carbocycles. The molecule has 2 rings (SSSR count). The van der Waals surface area contributed by atoms with Crippen molar-refractivity contribution in [3.8, 4) is 11.4 Å². The molecule has 3 N–H and O–H groups in total. The fourth-order valence-electron chi connectivity index (χ4n) is 1.45. The minimum atomic E-state index is -0.334. The Morgan fingerprint density at radius 1 is 1.35 bits per heavy atom. The van der Waals surface area contributed by atoms with Gasteiger partial charge >= 0.3 is 0 Å². The molecular formula is C12H12FN3O. The third-order valence-electron chi connectivity index (χ3n) is 2.35. The Labute approximate surface area is 97.3 Å². The number of nitrogens with one attached hydrogen (secondary N) is 1. The Morgan fingerprint density at radius 3 is 2.59 bits per heavy atom. The van der Waals surface area contributed by atoms with E-state index in [1.165, 1.54) is 18.2 Å². The third-order valence-corrected chi connectivity index (χ3v) is 2.35. The summed E-state index contributed by atoms with van der Waals surface area (Å²) in [6.45, 7) is 1.75. The lowest BCUT2D eigenvalue weighted by atomic mass is 10.2. The van der Waals surface area contributed by atoms with Gasteiger partial charge in [-0.15, -0.1) is 0 Å². The summed E-state index contributed by atoms with van der Waals surface area (Å²) in [5, 5.41) is 0. The Bertz CT molecular complexity index is 575. The quantitative estimate of drug-likeness (QED) is 0.827. The van der Waals surface area contributed by atoms with Gasteiger partial charge in [0.15, 0.2) is 0 Å². The first-order valence-electron chi connectivity index (χ1n) is 5.19. The highest BCUT2D eigenvalue weighted by Gasteiger charge is 2.07. The standard InChI is InChI=1S/C12H12FN3O/c1-7(14)10-6-11(17)16-12(15-10)8-2-4-9(13)5-3-8/h2-7H,14H2,1H3,(H,15,16,17). The first kappa shape index (κ1) is 11.5. The molecule has 0 bridgehead atoms. The van der Waals surface area contributed by atoms with Crippen LogP contribution >= 0.6 is 0 Å². The first-order valence-corrected chi connectivity index (χ1v) is 5.19. The van der Waals surface area contributed by atoms with Crippen LogP contribution in [0.4, 0.5) is 4.39 Å². The van der Waals surface area contributed by atoms with Crippen molar-refractivity contribution in [2.45, 2.75) is 13.0 Å². The number of aromatic nitrogens is 2. The largest absolute Gasteiger partial charge is 0.323 e. The normalized spacial score (nSPS) is 12.4. The van der Waals surface area contributed by atoms with Crippen LogP contribution in [0, 0.1) is 5.82 Å². The molecule has 1 atom stereocenters. The Hall–Kier alpha value is -2.01. The number of halogens is 1. The summed E-state index contributed by atoms with van der Waals surface area (Å²) >= 11 is 0. The molecule has 0 aliphatic carbocycles. The van der Waals surface area contributed by atoms with Gasteiger partial charge in [0.05, 0.1) is 5.69 Å². The van der Waals surface area contributed by atoms with Gasteiger partial charge in [-0.1, -0.05) is 0 Å². The van der Waals surface area contributed by atoms with E-state index in [1.54, 1.807) is 19.1 Å². The highest BCUT2D eigenvalue weighted by Crippen LogP contribution is 2.15. The van der Waals surface area contributed by atoms with Crippen molar-refractivity contribution in [2.24, 2.45) is 5.73 Å². The number of benzene rings is 1. The van der Waals surface area contributed by atoms with E-state index in [1.807, 2.05) is 0 Å². The molecule has 0 saturated carbocycles. The van der Waals surface area contributed by atoms with Crippen LogP contribution < -0.4 is 11.3 Å². The molecule has 0 amide bonds. The molecule has 0 saturated heterocycles. The minimum absolute atomic E-state index is 0.272. The maximum Gasteiger partial charge on any atom is 0.251 e. The van der Waals surface area contributed by atoms with Gasteiger partial charge in [-0.2, -0.15) is 0 Å². The van der Waals surface area contributed by atoms with Crippen molar-refractivity contribution in [2.75, 3.05) is 0 Å². The van der Waals surface area contributed by atoms with Gasteiger partial charge in [0.1, 0.15) is 11.6 Å². The zero-order valence-corrected chi connectivity index (χ0v) is 9.27. The Morgan fingerprint density at radius 2 is 2.00 bits per heavy atom. The fourth-order valence-corrected chi connectivity index (χ4v) is 1.45. The topological polar surface area (TPSA) is 71.8 Å². The van der Waals surface area contributed by atoms with Crippen LogP contribution in [0.3, 0.4) is 0 Å². The maximum atomic E-state index is 12.8. The van der Waals surface area contributed by atoms with Crippen LogP contribution in [-0.2, 0) is 0 Å². The molecule has 0 aliphatic rings. The predicted octanol–water partition coefficient (Wildman–Crippen LogP) is 1.60. The number of nitrogens with two attached hydrogens (primary N) is 1. The number of aromatic amines is 1. The molecule has 0 aliphatic heterocycles. The van der Waals surface area contributed by atoms with Crippen molar-refractivity contribution in [1.29, 1.82) is 0 Å². The number of nitrogens with zero attached hydrogens (tertiary/aromatic N) is 1. The summed E-state index contributed by atoms with van der Waals surface area (Å²) in [7, 11) is 0. The highest BCUT2D eigenvalue weighted by molar-refractivity contribution is 5.54. The van der Waals surface area contributed by atoms with Crippen LogP contribution in [0.1, 0.15) is 18.7 Å².